The van der Waals surface area contributed by atoms with Crippen molar-refractivity contribution in [2.45, 2.75) is 11.6 Å². The van der Waals surface area contributed by atoms with Crippen molar-refractivity contribution in [3.8, 4) is 22.6 Å². The number of halogens is 3. The van der Waals surface area contributed by atoms with E-state index in [2.05, 4.69) is 8.91 Å². The Hall–Kier alpha value is -3.25. The van der Waals surface area contributed by atoms with E-state index in [4.69, 9.17) is 4.74 Å². The van der Waals surface area contributed by atoms with Crippen LogP contribution in [0, 0.1) is 0 Å². The van der Waals surface area contributed by atoms with Crippen molar-refractivity contribution in [2.75, 3.05) is 11.0 Å². The van der Waals surface area contributed by atoms with E-state index in [9.17, 15) is 30.0 Å². The van der Waals surface area contributed by atoms with Gasteiger partial charge in [-0.15, -0.1) is 0 Å². The molecule has 0 saturated heterocycles. The lowest BCUT2D eigenvalue weighted by Crippen LogP contribution is -2.28. The van der Waals surface area contributed by atoms with E-state index in [1.54, 1.807) is 30.3 Å². The molecule has 0 bridgehead atoms. The van der Waals surface area contributed by atoms with Crippen LogP contribution in [0.15, 0.2) is 66.7 Å². The third-order valence-electron chi connectivity index (χ3n) is 4.72. The standard InChI is InChI=1S/C21H16F3NO6S2/c1-32(26,27)25-14-10-11-15-16(12-14)20(13-6-3-2-4-7-13)30-17-8-5-9-18(19(15)17)31-33(28,29)21(22,23)24/h2-12,20,25H,1H3. The molecule has 3 aromatic carbocycles. The Labute approximate surface area is 188 Å². The van der Waals surface area contributed by atoms with Crippen molar-refractivity contribution in [3.05, 3.63) is 77.9 Å². The fourth-order valence-corrected chi connectivity index (χ4v) is 4.49. The van der Waals surface area contributed by atoms with Crippen molar-refractivity contribution in [2.24, 2.45) is 0 Å². The minimum Gasteiger partial charge on any atom is -0.480 e. The van der Waals surface area contributed by atoms with Gasteiger partial charge in [0, 0.05) is 11.3 Å². The van der Waals surface area contributed by atoms with Gasteiger partial charge in [-0.1, -0.05) is 42.5 Å². The summed E-state index contributed by atoms with van der Waals surface area (Å²) in [5, 5.41) is 0. The van der Waals surface area contributed by atoms with Crippen LogP contribution in [-0.4, -0.2) is 28.6 Å². The molecule has 33 heavy (non-hydrogen) atoms. The Balaban J connectivity index is 1.91. The Kier molecular flexibility index (Phi) is 5.53. The number of sulfonamides is 1. The summed E-state index contributed by atoms with van der Waals surface area (Å²) in [6.45, 7) is 0. The van der Waals surface area contributed by atoms with Gasteiger partial charge >= 0.3 is 15.6 Å². The second-order valence-corrected chi connectivity index (χ2v) is 10.5. The molecule has 0 radical (unpaired) electrons. The SMILES string of the molecule is CS(=O)(=O)Nc1ccc2c(c1)C(c1ccccc1)Oc1cccc(OS(=O)(=O)C(F)(F)F)c1-2. The number of anilines is 1. The summed E-state index contributed by atoms with van der Waals surface area (Å²) < 4.78 is 98.3. The van der Waals surface area contributed by atoms with Gasteiger partial charge < -0.3 is 8.92 Å². The van der Waals surface area contributed by atoms with Crippen LogP contribution >= 0.6 is 0 Å². The smallest absolute Gasteiger partial charge is 0.480 e. The molecular weight excluding hydrogens is 483 g/mol. The number of alkyl halides is 3. The molecule has 4 rings (SSSR count). The number of nitrogens with one attached hydrogen (secondary N) is 1. The van der Waals surface area contributed by atoms with Crippen LogP contribution in [-0.2, 0) is 20.1 Å². The van der Waals surface area contributed by atoms with Crippen LogP contribution in [0.3, 0.4) is 0 Å². The molecular formula is C21H16F3NO6S2. The summed E-state index contributed by atoms with van der Waals surface area (Å²) >= 11 is 0. The number of hydrogen-bond acceptors (Lipinski definition) is 6. The highest BCUT2D eigenvalue weighted by Gasteiger charge is 2.49. The first-order valence-electron chi connectivity index (χ1n) is 9.33. The van der Waals surface area contributed by atoms with Gasteiger partial charge in [-0.2, -0.15) is 21.6 Å². The first-order valence-corrected chi connectivity index (χ1v) is 12.6. The maximum Gasteiger partial charge on any atom is 0.534 e. The first kappa shape index (κ1) is 22.9. The zero-order valence-corrected chi connectivity index (χ0v) is 18.5. The van der Waals surface area contributed by atoms with Crippen molar-refractivity contribution in [1.29, 1.82) is 0 Å². The quantitative estimate of drug-likeness (QED) is 0.412. The van der Waals surface area contributed by atoms with Crippen LogP contribution in [0.5, 0.6) is 11.5 Å². The van der Waals surface area contributed by atoms with Crippen molar-refractivity contribution >= 4 is 25.8 Å². The van der Waals surface area contributed by atoms with E-state index in [0.29, 0.717) is 16.7 Å². The molecule has 0 aliphatic carbocycles. The fourth-order valence-electron chi connectivity index (χ4n) is 3.46. The molecule has 0 aromatic heterocycles. The molecule has 1 atom stereocenters. The van der Waals surface area contributed by atoms with Crippen molar-refractivity contribution in [1.82, 2.24) is 0 Å². The predicted molar refractivity (Wildman–Crippen MR) is 115 cm³/mol. The summed E-state index contributed by atoms with van der Waals surface area (Å²) in [5.74, 6) is -0.462. The average molecular weight is 499 g/mol. The Morgan fingerprint density at radius 1 is 0.939 bits per heavy atom. The van der Waals surface area contributed by atoms with E-state index in [1.807, 2.05) is 0 Å². The predicted octanol–water partition coefficient (Wildman–Crippen LogP) is 4.44. The molecule has 0 saturated carbocycles. The summed E-state index contributed by atoms with van der Waals surface area (Å²) in [4.78, 5) is 0. The first-order chi connectivity index (χ1) is 15.4. The van der Waals surface area contributed by atoms with E-state index >= 15 is 0 Å². The van der Waals surface area contributed by atoms with Gasteiger partial charge in [0.05, 0.1) is 11.8 Å². The Morgan fingerprint density at radius 3 is 2.27 bits per heavy atom. The third kappa shape index (κ3) is 4.62. The lowest BCUT2D eigenvalue weighted by Gasteiger charge is -2.30. The molecule has 1 heterocycles. The second-order valence-electron chi connectivity index (χ2n) is 7.20. The summed E-state index contributed by atoms with van der Waals surface area (Å²) in [6.07, 6.45) is 0.227. The van der Waals surface area contributed by atoms with Gasteiger partial charge in [-0.05, 0) is 35.4 Å². The molecule has 12 heteroatoms. The summed E-state index contributed by atoms with van der Waals surface area (Å²) in [5.41, 5.74) is -4.00. The van der Waals surface area contributed by atoms with Crippen LogP contribution in [0.2, 0.25) is 0 Å². The van der Waals surface area contributed by atoms with Crippen molar-refractivity contribution < 1.29 is 38.9 Å². The lowest BCUT2D eigenvalue weighted by molar-refractivity contribution is -0.0500. The largest absolute Gasteiger partial charge is 0.534 e. The zero-order chi connectivity index (χ0) is 24.0. The van der Waals surface area contributed by atoms with Gasteiger partial charge in [0.2, 0.25) is 10.0 Å². The topological polar surface area (TPSA) is 98.8 Å². The number of ether oxygens (including phenoxy) is 1. The average Bonchev–Trinajstić information content (AvgIpc) is 2.71. The van der Waals surface area contributed by atoms with E-state index in [0.717, 1.165) is 12.3 Å². The second kappa shape index (κ2) is 7.96. The van der Waals surface area contributed by atoms with Crippen molar-refractivity contribution in [3.63, 3.8) is 0 Å². The van der Waals surface area contributed by atoms with Crippen LogP contribution in [0.4, 0.5) is 18.9 Å². The molecule has 3 aromatic rings. The minimum absolute atomic E-state index is 0.00147. The molecule has 1 aliphatic heterocycles. The fraction of sp³-hybridized carbons (Fsp3) is 0.143. The normalized spacial score (nSPS) is 15.7. The molecule has 1 N–H and O–H groups in total. The molecule has 0 fully saturated rings. The number of benzene rings is 3. The van der Waals surface area contributed by atoms with E-state index in [1.165, 1.54) is 30.3 Å². The molecule has 174 valence electrons. The highest BCUT2D eigenvalue weighted by atomic mass is 32.2. The van der Waals surface area contributed by atoms with E-state index < -0.39 is 37.5 Å². The monoisotopic (exact) mass is 499 g/mol. The Bertz CT molecular complexity index is 1420. The van der Waals surface area contributed by atoms with Gasteiger partial charge in [0.1, 0.15) is 11.9 Å². The van der Waals surface area contributed by atoms with Gasteiger partial charge in [-0.3, -0.25) is 4.72 Å². The maximum atomic E-state index is 12.9. The van der Waals surface area contributed by atoms with E-state index in [-0.39, 0.29) is 17.0 Å². The summed E-state index contributed by atoms with van der Waals surface area (Å²) in [6, 6.07) is 17.1. The maximum absolute atomic E-state index is 12.9. The van der Waals surface area contributed by atoms with Gasteiger partial charge in [0.25, 0.3) is 0 Å². The van der Waals surface area contributed by atoms with Crippen LogP contribution in [0.1, 0.15) is 17.2 Å². The molecule has 1 aliphatic rings. The molecule has 7 nitrogen and oxygen atoms in total. The highest BCUT2D eigenvalue weighted by Crippen LogP contribution is 2.50. The van der Waals surface area contributed by atoms with Crippen LogP contribution < -0.4 is 13.6 Å². The summed E-state index contributed by atoms with van der Waals surface area (Å²) in [7, 11) is -9.55. The Morgan fingerprint density at radius 2 is 1.64 bits per heavy atom. The molecule has 0 amide bonds. The third-order valence-corrected chi connectivity index (χ3v) is 6.30. The van der Waals surface area contributed by atoms with Gasteiger partial charge in [0.15, 0.2) is 5.75 Å². The van der Waals surface area contributed by atoms with Crippen LogP contribution in [0.25, 0.3) is 11.1 Å². The number of hydrogen-bond donors (Lipinski definition) is 1. The number of fused-ring (bicyclic) bond motifs is 3. The highest BCUT2D eigenvalue weighted by molar-refractivity contribution is 7.92. The lowest BCUT2D eigenvalue weighted by atomic mass is 9.89. The number of rotatable bonds is 5. The molecule has 1 unspecified atom stereocenters. The molecule has 0 spiro atoms. The van der Waals surface area contributed by atoms with Gasteiger partial charge in [-0.25, -0.2) is 8.42 Å². The zero-order valence-electron chi connectivity index (χ0n) is 16.8. The minimum atomic E-state index is -5.93.